The summed E-state index contributed by atoms with van der Waals surface area (Å²) < 4.78 is 16.1. The molecule has 25 heavy (non-hydrogen) atoms. The molecule has 1 heterocycles. The second kappa shape index (κ2) is 8.14. The second-order valence-electron chi connectivity index (χ2n) is 5.62. The zero-order chi connectivity index (χ0) is 17.6. The average molecular weight is 361 g/mol. The van der Waals surface area contributed by atoms with Crippen LogP contribution >= 0.6 is 11.6 Å². The fourth-order valence-corrected chi connectivity index (χ4v) is 2.81. The van der Waals surface area contributed by atoms with Crippen LogP contribution in [0, 0.1) is 0 Å². The predicted octanol–water partition coefficient (Wildman–Crippen LogP) is 3.42. The summed E-state index contributed by atoms with van der Waals surface area (Å²) in [4.78, 5) is 24.0. The highest BCUT2D eigenvalue weighted by Crippen LogP contribution is 2.27. The van der Waals surface area contributed by atoms with E-state index in [4.69, 9.17) is 25.8 Å². The fraction of sp³-hybridized carbons (Fsp3) is 0.263. The molecular formula is C19H17ClO5. The first-order chi connectivity index (χ1) is 12.1. The van der Waals surface area contributed by atoms with E-state index in [-0.39, 0.29) is 6.61 Å². The number of benzene rings is 2. The molecule has 0 aromatic heterocycles. The zero-order valence-electron chi connectivity index (χ0n) is 13.3. The van der Waals surface area contributed by atoms with E-state index in [0.717, 1.165) is 0 Å². The molecule has 0 spiro atoms. The molecular weight excluding hydrogens is 344 g/mol. The van der Waals surface area contributed by atoms with E-state index in [2.05, 4.69) is 0 Å². The molecule has 1 saturated heterocycles. The van der Waals surface area contributed by atoms with E-state index < -0.39 is 29.7 Å². The molecule has 0 unspecified atom stereocenters. The van der Waals surface area contributed by atoms with Crippen LogP contribution in [0.4, 0.5) is 0 Å². The highest BCUT2D eigenvalue weighted by molar-refractivity contribution is 6.20. The second-order valence-corrected chi connectivity index (χ2v) is 6.05. The van der Waals surface area contributed by atoms with Crippen LogP contribution in [0.2, 0.25) is 0 Å². The van der Waals surface area contributed by atoms with Crippen LogP contribution in [-0.2, 0) is 14.2 Å². The van der Waals surface area contributed by atoms with E-state index in [1.807, 2.05) is 12.1 Å². The number of carbonyl (C=O) groups excluding carboxylic acids is 2. The highest BCUT2D eigenvalue weighted by Gasteiger charge is 2.37. The lowest BCUT2D eigenvalue weighted by Crippen LogP contribution is -2.23. The van der Waals surface area contributed by atoms with Gasteiger partial charge in [0.1, 0.15) is 12.7 Å². The summed E-state index contributed by atoms with van der Waals surface area (Å²) in [5.74, 6) is -0.887. The van der Waals surface area contributed by atoms with Crippen LogP contribution in [0.25, 0.3) is 0 Å². The maximum Gasteiger partial charge on any atom is 0.338 e. The van der Waals surface area contributed by atoms with Gasteiger partial charge in [-0.3, -0.25) is 0 Å². The van der Waals surface area contributed by atoms with Crippen molar-refractivity contribution in [1.82, 2.24) is 0 Å². The molecule has 1 fully saturated rings. The lowest BCUT2D eigenvalue weighted by Gasteiger charge is -2.13. The summed E-state index contributed by atoms with van der Waals surface area (Å²) in [5.41, 5.74) is 0.147. The van der Waals surface area contributed by atoms with Crippen molar-refractivity contribution in [3.63, 3.8) is 0 Å². The lowest BCUT2D eigenvalue weighted by molar-refractivity contribution is 0.0000680. The minimum absolute atomic E-state index is 0.0519. The van der Waals surface area contributed by atoms with Crippen molar-refractivity contribution in [1.29, 1.82) is 0 Å². The highest BCUT2D eigenvalue weighted by atomic mass is 35.5. The Bertz CT molecular complexity index is 719. The number of hydrogen-bond acceptors (Lipinski definition) is 5. The van der Waals surface area contributed by atoms with Gasteiger partial charge in [0.25, 0.3) is 0 Å². The summed E-state index contributed by atoms with van der Waals surface area (Å²) in [6.45, 7) is 0.0519. The molecule has 3 atom stereocenters. The predicted molar refractivity (Wildman–Crippen MR) is 91.5 cm³/mol. The number of halogens is 1. The summed E-state index contributed by atoms with van der Waals surface area (Å²) >= 11 is 6.10. The first-order valence-corrected chi connectivity index (χ1v) is 8.35. The van der Waals surface area contributed by atoms with Crippen LogP contribution in [0.15, 0.2) is 60.7 Å². The molecule has 3 rings (SSSR count). The van der Waals surface area contributed by atoms with Crippen molar-refractivity contribution in [2.75, 3.05) is 6.61 Å². The molecule has 0 N–H and O–H groups in total. The van der Waals surface area contributed by atoms with Crippen molar-refractivity contribution in [2.45, 2.75) is 24.2 Å². The van der Waals surface area contributed by atoms with Crippen LogP contribution in [0.3, 0.4) is 0 Å². The Hall–Kier alpha value is -2.37. The van der Waals surface area contributed by atoms with E-state index in [1.165, 1.54) is 0 Å². The van der Waals surface area contributed by atoms with Gasteiger partial charge in [0, 0.05) is 6.42 Å². The molecule has 1 aliphatic rings. The third-order valence-electron chi connectivity index (χ3n) is 3.79. The third kappa shape index (κ3) is 4.59. The molecule has 0 bridgehead atoms. The Balaban J connectivity index is 1.50. The van der Waals surface area contributed by atoms with Crippen LogP contribution < -0.4 is 0 Å². The molecule has 0 aliphatic carbocycles. The average Bonchev–Trinajstić information content (AvgIpc) is 3.00. The largest absolute Gasteiger partial charge is 0.459 e. The number of alkyl halides is 1. The van der Waals surface area contributed by atoms with Gasteiger partial charge in [-0.15, -0.1) is 0 Å². The van der Waals surface area contributed by atoms with Crippen molar-refractivity contribution in [2.24, 2.45) is 0 Å². The van der Waals surface area contributed by atoms with Crippen molar-refractivity contribution in [3.05, 3.63) is 71.8 Å². The monoisotopic (exact) mass is 360 g/mol. The van der Waals surface area contributed by atoms with Gasteiger partial charge >= 0.3 is 11.9 Å². The number of ether oxygens (including phenoxy) is 3. The van der Waals surface area contributed by atoms with Crippen molar-refractivity contribution in [3.8, 4) is 0 Å². The minimum Gasteiger partial charge on any atom is -0.459 e. The Morgan fingerprint density at radius 2 is 1.52 bits per heavy atom. The van der Waals surface area contributed by atoms with Gasteiger partial charge in [-0.05, 0) is 24.3 Å². The van der Waals surface area contributed by atoms with Gasteiger partial charge in [0.05, 0.1) is 17.2 Å². The number of rotatable bonds is 5. The lowest BCUT2D eigenvalue weighted by atomic mass is 10.2. The molecule has 2 aromatic carbocycles. The summed E-state index contributed by atoms with van der Waals surface area (Å²) in [5, 5.41) is 0. The molecule has 0 saturated carbocycles. The number of hydrogen-bond donors (Lipinski definition) is 0. The molecule has 0 radical (unpaired) electrons. The topological polar surface area (TPSA) is 61.8 Å². The smallest absolute Gasteiger partial charge is 0.338 e. The van der Waals surface area contributed by atoms with E-state index >= 15 is 0 Å². The normalized spacial score (nSPS) is 22.4. The maximum atomic E-state index is 12.1. The van der Waals surface area contributed by atoms with Gasteiger partial charge in [0.2, 0.25) is 0 Å². The first-order valence-electron chi connectivity index (χ1n) is 7.91. The molecule has 0 amide bonds. The van der Waals surface area contributed by atoms with Gasteiger partial charge in [-0.25, -0.2) is 9.59 Å². The molecule has 5 nitrogen and oxygen atoms in total. The van der Waals surface area contributed by atoms with Crippen LogP contribution in [0.5, 0.6) is 0 Å². The molecule has 1 aliphatic heterocycles. The Morgan fingerprint density at radius 3 is 2.12 bits per heavy atom. The quantitative estimate of drug-likeness (QED) is 0.604. The maximum absolute atomic E-state index is 12.1. The zero-order valence-corrected chi connectivity index (χ0v) is 14.1. The van der Waals surface area contributed by atoms with E-state index in [9.17, 15) is 9.59 Å². The first kappa shape index (κ1) is 17.5. The van der Waals surface area contributed by atoms with Crippen molar-refractivity contribution < 1.29 is 23.8 Å². The van der Waals surface area contributed by atoms with Gasteiger partial charge < -0.3 is 14.2 Å². The van der Waals surface area contributed by atoms with Crippen LogP contribution in [-0.4, -0.2) is 36.3 Å². The standard InChI is InChI=1S/C19H17ClO5/c20-17-16(25-19(22)14-9-5-2-6-10-14)11-15(24-17)12-23-18(21)13-7-3-1-4-8-13/h1-10,15-17H,11-12H2/t15-,16-,17+/m0/s1. The number of carbonyl (C=O) groups is 2. The SMILES string of the molecule is O=C(OC[C@@H]1C[C@H](OC(=O)c2ccccc2)[C@H](Cl)O1)c1ccccc1. The Labute approximate surface area is 150 Å². The van der Waals surface area contributed by atoms with Crippen molar-refractivity contribution >= 4 is 23.5 Å². The van der Waals surface area contributed by atoms with Gasteiger partial charge in [-0.1, -0.05) is 48.0 Å². The van der Waals surface area contributed by atoms with Gasteiger partial charge in [-0.2, -0.15) is 0 Å². The van der Waals surface area contributed by atoms with E-state index in [0.29, 0.717) is 17.5 Å². The number of esters is 2. The Morgan fingerprint density at radius 1 is 0.960 bits per heavy atom. The molecule has 6 heteroatoms. The van der Waals surface area contributed by atoms with Crippen LogP contribution in [0.1, 0.15) is 27.1 Å². The van der Waals surface area contributed by atoms with E-state index in [1.54, 1.807) is 48.5 Å². The summed E-state index contributed by atoms with van der Waals surface area (Å²) in [6.07, 6.45) is -0.632. The summed E-state index contributed by atoms with van der Waals surface area (Å²) in [7, 11) is 0. The molecule has 130 valence electrons. The van der Waals surface area contributed by atoms with Gasteiger partial charge in [0.15, 0.2) is 5.56 Å². The third-order valence-corrected chi connectivity index (χ3v) is 4.17. The minimum atomic E-state index is -0.770. The Kier molecular flexibility index (Phi) is 5.68. The fourth-order valence-electron chi connectivity index (χ4n) is 2.51. The summed E-state index contributed by atoms with van der Waals surface area (Å²) in [6, 6.07) is 17.3. The molecule has 2 aromatic rings.